The monoisotopic (exact) mass is 538 g/mol. The van der Waals surface area contributed by atoms with E-state index in [1.54, 1.807) is 0 Å². The summed E-state index contributed by atoms with van der Waals surface area (Å²) in [5.74, 6) is 0.804. The van der Waals surface area contributed by atoms with Crippen molar-refractivity contribution in [1.82, 2.24) is 14.8 Å². The number of nitrogens with zero attached hydrogens (tertiary/aromatic N) is 5. The molecule has 0 radical (unpaired) electrons. The summed E-state index contributed by atoms with van der Waals surface area (Å²) in [5, 5.41) is 3.10. The van der Waals surface area contributed by atoms with Gasteiger partial charge in [-0.3, -0.25) is 14.8 Å². The lowest BCUT2D eigenvalue weighted by atomic mass is 9.91. The molecule has 0 bridgehead atoms. The number of aldehydes is 1. The normalized spacial score (nSPS) is 16.2. The molecule has 0 aromatic carbocycles. The number of carbonyl (C=O) groups excluding carboxylic acids is 1. The Bertz CT molecular complexity index is 1200. The van der Waals surface area contributed by atoms with Crippen molar-refractivity contribution in [2.75, 3.05) is 46.2 Å². The summed E-state index contributed by atoms with van der Waals surface area (Å²) < 4.78 is 15.2. The average Bonchev–Trinajstić information content (AvgIpc) is 3.21. The molecule has 2 aromatic rings. The van der Waals surface area contributed by atoms with Gasteiger partial charge >= 0.3 is 0 Å². The van der Waals surface area contributed by atoms with Gasteiger partial charge in [0.05, 0.1) is 11.1 Å². The molecular formula is C29H39FN6OS. The number of hydrogen-bond acceptors (Lipinski definition) is 8. The predicted molar refractivity (Wildman–Crippen MR) is 159 cm³/mol. The lowest BCUT2D eigenvalue weighted by Crippen LogP contribution is -2.29. The highest BCUT2D eigenvalue weighted by molar-refractivity contribution is 7.14. The Morgan fingerprint density at radius 3 is 2.58 bits per heavy atom. The number of allylic oxidation sites excluding steroid dienone is 2. The topological polar surface area (TPSA) is 73.2 Å². The summed E-state index contributed by atoms with van der Waals surface area (Å²) >= 11 is 1.35. The highest BCUT2D eigenvalue weighted by Crippen LogP contribution is 2.40. The molecule has 0 spiro atoms. The minimum absolute atomic E-state index is 0.0826. The van der Waals surface area contributed by atoms with Gasteiger partial charge in [-0.1, -0.05) is 19.9 Å². The van der Waals surface area contributed by atoms with Crippen LogP contribution in [0.1, 0.15) is 63.8 Å². The van der Waals surface area contributed by atoms with Crippen LogP contribution in [0.15, 0.2) is 40.3 Å². The molecule has 3 heterocycles. The minimum Gasteiger partial charge on any atom is -0.383 e. The number of hydrogen-bond donors (Lipinski definition) is 1. The first-order chi connectivity index (χ1) is 18.2. The zero-order valence-electron chi connectivity index (χ0n) is 23.3. The molecule has 204 valence electrons. The third kappa shape index (κ3) is 7.23. The second-order valence-corrected chi connectivity index (χ2v) is 11.2. The summed E-state index contributed by atoms with van der Waals surface area (Å²) in [6, 6.07) is 4.05. The molecule has 2 aromatic heterocycles. The van der Waals surface area contributed by atoms with E-state index in [2.05, 4.69) is 58.9 Å². The maximum Gasteiger partial charge on any atom is 0.168 e. The van der Waals surface area contributed by atoms with Crippen LogP contribution in [-0.2, 0) is 0 Å². The van der Waals surface area contributed by atoms with Crippen LogP contribution in [0.2, 0.25) is 0 Å². The number of halogens is 1. The minimum atomic E-state index is -0.608. The predicted octanol–water partition coefficient (Wildman–Crippen LogP) is 6.11. The Hall–Kier alpha value is -3.17. The van der Waals surface area contributed by atoms with E-state index in [1.807, 2.05) is 44.4 Å². The summed E-state index contributed by atoms with van der Waals surface area (Å²) in [7, 11) is 6.02. The van der Waals surface area contributed by atoms with Crippen molar-refractivity contribution in [1.29, 1.82) is 0 Å². The summed E-state index contributed by atoms with van der Waals surface area (Å²) in [4.78, 5) is 30.3. The van der Waals surface area contributed by atoms with Crippen LogP contribution in [-0.4, -0.2) is 74.9 Å². The lowest BCUT2D eigenvalue weighted by Gasteiger charge is -2.29. The molecule has 7 nitrogen and oxygen atoms in total. The summed E-state index contributed by atoms with van der Waals surface area (Å²) in [6.45, 7) is 11.9. The molecule has 38 heavy (non-hydrogen) atoms. The van der Waals surface area contributed by atoms with Gasteiger partial charge in [-0.05, 0) is 81.2 Å². The number of anilines is 1. The Balaban J connectivity index is 1.74. The number of rotatable bonds is 11. The highest BCUT2D eigenvalue weighted by Gasteiger charge is 2.23. The van der Waals surface area contributed by atoms with E-state index in [-0.39, 0.29) is 18.3 Å². The van der Waals surface area contributed by atoms with Gasteiger partial charge in [0.2, 0.25) is 0 Å². The number of piperidine rings is 1. The van der Waals surface area contributed by atoms with Gasteiger partial charge in [0.1, 0.15) is 18.2 Å². The first-order valence-corrected chi connectivity index (χ1v) is 13.7. The summed E-state index contributed by atoms with van der Waals surface area (Å²) in [5.41, 5.74) is 3.58. The largest absolute Gasteiger partial charge is 0.383 e. The first-order valence-electron chi connectivity index (χ1n) is 12.9. The van der Waals surface area contributed by atoms with Crippen molar-refractivity contribution in [2.45, 2.75) is 39.5 Å². The third-order valence-corrected chi connectivity index (χ3v) is 8.09. The second-order valence-electron chi connectivity index (χ2n) is 10.2. The fourth-order valence-electron chi connectivity index (χ4n) is 4.52. The van der Waals surface area contributed by atoms with Gasteiger partial charge < -0.3 is 15.1 Å². The Morgan fingerprint density at radius 2 is 2.03 bits per heavy atom. The molecule has 3 rings (SSSR count). The van der Waals surface area contributed by atoms with E-state index < -0.39 is 5.83 Å². The fourth-order valence-corrected chi connectivity index (χ4v) is 5.96. The third-order valence-electron chi connectivity index (χ3n) is 6.72. The lowest BCUT2D eigenvalue weighted by molar-refractivity contribution is 0.112. The van der Waals surface area contributed by atoms with E-state index in [4.69, 9.17) is 0 Å². The zero-order chi connectivity index (χ0) is 27.8. The molecule has 1 saturated heterocycles. The van der Waals surface area contributed by atoms with Crippen LogP contribution in [0, 0.1) is 12.8 Å². The van der Waals surface area contributed by atoms with E-state index in [0.29, 0.717) is 27.7 Å². The van der Waals surface area contributed by atoms with Crippen molar-refractivity contribution in [3.8, 4) is 0 Å². The van der Waals surface area contributed by atoms with Gasteiger partial charge in [-0.2, -0.15) is 0 Å². The maximum atomic E-state index is 15.2. The zero-order valence-corrected chi connectivity index (χ0v) is 24.1. The van der Waals surface area contributed by atoms with Crippen molar-refractivity contribution < 1.29 is 9.18 Å². The van der Waals surface area contributed by atoms with E-state index in [0.717, 1.165) is 48.9 Å². The van der Waals surface area contributed by atoms with Gasteiger partial charge in [0, 0.05) is 36.9 Å². The number of carbonyl (C=O) groups is 1. The van der Waals surface area contributed by atoms with Gasteiger partial charge in [0.15, 0.2) is 12.1 Å². The number of aromatic nitrogens is 1. The van der Waals surface area contributed by atoms with Crippen molar-refractivity contribution in [2.24, 2.45) is 15.9 Å². The number of aliphatic imine (C=N–C) groups is 2. The second kappa shape index (κ2) is 13.6. The van der Waals surface area contributed by atoms with Crippen molar-refractivity contribution >= 4 is 47.6 Å². The van der Waals surface area contributed by atoms with Crippen molar-refractivity contribution in [3.63, 3.8) is 0 Å². The van der Waals surface area contributed by atoms with Crippen LogP contribution in [0.4, 0.5) is 10.2 Å². The molecule has 9 heteroatoms. The van der Waals surface area contributed by atoms with E-state index in [1.165, 1.54) is 16.9 Å². The number of thiophene rings is 1. The average molecular weight is 539 g/mol. The first kappa shape index (κ1) is 29.4. The standard InChI is InChI=1S/C29H39FN6OS/c1-19(2)23(16-35(5)6)29-24(17-37)20(3)28(38-29)27(31-4)25(30)15-32-18-34-26-9-8-22(14-33-26)21-10-12-36(7)13-11-21/h8-9,14-17,19,21H,4,10-13,18H2,1-3,5-7H3,(H,33,34)/b23-16-,27-25+,32-15?. The van der Waals surface area contributed by atoms with Crippen LogP contribution < -0.4 is 5.32 Å². The summed E-state index contributed by atoms with van der Waals surface area (Å²) in [6.07, 6.45) is 8.17. The van der Waals surface area contributed by atoms with Gasteiger partial charge in [-0.15, -0.1) is 11.3 Å². The van der Waals surface area contributed by atoms with E-state index in [9.17, 15) is 4.79 Å². The molecule has 1 aliphatic heterocycles. The molecule has 0 unspecified atom stereocenters. The molecule has 0 atom stereocenters. The molecule has 0 amide bonds. The number of nitrogens with one attached hydrogen (secondary N) is 1. The highest BCUT2D eigenvalue weighted by atomic mass is 32.1. The van der Waals surface area contributed by atoms with Crippen LogP contribution >= 0.6 is 11.3 Å². The van der Waals surface area contributed by atoms with Crippen molar-refractivity contribution in [3.05, 3.63) is 56.8 Å². The van der Waals surface area contributed by atoms with E-state index >= 15 is 4.39 Å². The maximum absolute atomic E-state index is 15.2. The van der Waals surface area contributed by atoms with Crippen LogP contribution in [0.25, 0.3) is 11.3 Å². The molecule has 0 saturated carbocycles. The molecular weight excluding hydrogens is 499 g/mol. The molecule has 0 aliphatic carbocycles. The molecule has 1 fully saturated rings. The number of likely N-dealkylation sites (tertiary alicyclic amines) is 1. The smallest absolute Gasteiger partial charge is 0.168 e. The quantitative estimate of drug-likeness (QED) is 0.276. The van der Waals surface area contributed by atoms with Crippen LogP contribution in [0.5, 0.6) is 0 Å². The van der Waals surface area contributed by atoms with Gasteiger partial charge in [-0.25, -0.2) is 9.37 Å². The Labute approximate surface area is 229 Å². The Kier molecular flexibility index (Phi) is 10.5. The SMILES string of the molecule is C=N/C(=C(/F)C=NCNc1ccc(C2CCN(C)CC2)cn1)c1sc(/C(=C\N(C)C)C(C)C)c(C=O)c1C. The molecule has 1 aliphatic rings. The van der Waals surface area contributed by atoms with Crippen LogP contribution in [0.3, 0.4) is 0 Å². The Morgan fingerprint density at radius 1 is 1.32 bits per heavy atom. The van der Waals surface area contributed by atoms with Gasteiger partial charge in [0.25, 0.3) is 0 Å². The number of pyridine rings is 1. The fraction of sp³-hybridized carbons (Fsp3) is 0.448. The molecule has 1 N–H and O–H groups in total.